The third-order valence-electron chi connectivity index (χ3n) is 7.81. The number of nitrogens with one attached hydrogen (secondary N) is 2. The number of aryl methyl sites for hydroxylation is 3. The summed E-state index contributed by atoms with van der Waals surface area (Å²) in [7, 11) is -4.01. The first-order valence-electron chi connectivity index (χ1n) is 13.3. The van der Waals surface area contributed by atoms with Gasteiger partial charge in [0.1, 0.15) is 4.83 Å². The van der Waals surface area contributed by atoms with E-state index in [1.807, 2.05) is 19.9 Å². The number of aromatic nitrogens is 2. The lowest BCUT2D eigenvalue weighted by atomic mass is 9.89. The molecule has 0 saturated carbocycles. The minimum Gasteiger partial charge on any atom is -0.451 e. The SMILES string of the molecule is Cc1cc(C)c(C)c(S(=O)(=O)Nc2ccccc2C(=O)O[C@@H](C)c2nc3sc4c(c3c(=O)[nH]2)CC[C@H](C)C4)c1C. The Balaban J connectivity index is 1.42. The minimum atomic E-state index is -4.01. The molecule has 40 heavy (non-hydrogen) atoms. The smallest absolute Gasteiger partial charge is 0.340 e. The van der Waals surface area contributed by atoms with E-state index in [2.05, 4.69) is 21.6 Å². The van der Waals surface area contributed by atoms with E-state index in [0.717, 1.165) is 36.0 Å². The van der Waals surface area contributed by atoms with Crippen LogP contribution in [-0.4, -0.2) is 24.4 Å². The van der Waals surface area contributed by atoms with Crippen LogP contribution in [0.5, 0.6) is 0 Å². The van der Waals surface area contributed by atoms with Gasteiger partial charge in [-0.3, -0.25) is 9.52 Å². The van der Waals surface area contributed by atoms with Gasteiger partial charge in [0.25, 0.3) is 15.6 Å². The third-order valence-corrected chi connectivity index (χ3v) is 10.6. The summed E-state index contributed by atoms with van der Waals surface area (Å²) in [6.07, 6.45) is 1.97. The normalized spacial score (nSPS) is 16.0. The van der Waals surface area contributed by atoms with Crippen molar-refractivity contribution in [3.05, 3.63) is 84.8 Å². The summed E-state index contributed by atoms with van der Waals surface area (Å²) in [6, 6.07) is 8.26. The molecule has 0 radical (unpaired) electrons. The lowest BCUT2D eigenvalue weighted by Gasteiger charge is -2.18. The predicted molar refractivity (Wildman–Crippen MR) is 158 cm³/mol. The van der Waals surface area contributed by atoms with Gasteiger partial charge in [-0.15, -0.1) is 11.3 Å². The van der Waals surface area contributed by atoms with Gasteiger partial charge < -0.3 is 9.72 Å². The first-order chi connectivity index (χ1) is 18.9. The molecule has 1 aliphatic carbocycles. The molecule has 0 amide bonds. The number of sulfonamides is 1. The predicted octanol–water partition coefficient (Wildman–Crippen LogP) is 6.06. The zero-order valence-corrected chi connectivity index (χ0v) is 25.1. The molecule has 8 nitrogen and oxygen atoms in total. The number of rotatable bonds is 6. The standard InChI is InChI=1S/C30H33N3O5S2/c1-15-11-12-22-24(13-15)39-29-25(22)28(34)31-27(32-29)20(6)38-30(35)21-9-7-8-10-23(21)33-40(36,37)26-18(4)16(2)14-17(3)19(26)5/h7-10,14-15,20,33H,11-13H2,1-6H3,(H,31,32,34)/t15-,20-/m0/s1. The van der Waals surface area contributed by atoms with Crippen LogP contribution in [0.4, 0.5) is 5.69 Å². The van der Waals surface area contributed by atoms with Crippen molar-refractivity contribution >= 4 is 43.2 Å². The second-order valence-corrected chi connectivity index (χ2v) is 13.5. The molecule has 2 heterocycles. The van der Waals surface area contributed by atoms with E-state index in [0.29, 0.717) is 27.3 Å². The zero-order chi connectivity index (χ0) is 28.9. The van der Waals surface area contributed by atoms with Gasteiger partial charge in [-0.05, 0) is 99.7 Å². The lowest BCUT2D eigenvalue weighted by Crippen LogP contribution is -2.21. The Morgan fingerprint density at radius 3 is 2.52 bits per heavy atom. The Labute approximate surface area is 237 Å². The molecule has 2 aromatic carbocycles. The molecule has 0 fully saturated rings. The van der Waals surface area contributed by atoms with Crippen molar-refractivity contribution in [1.29, 1.82) is 0 Å². The van der Waals surface area contributed by atoms with Gasteiger partial charge in [0.05, 0.1) is 21.5 Å². The quantitative estimate of drug-likeness (QED) is 0.268. The van der Waals surface area contributed by atoms with E-state index in [9.17, 15) is 18.0 Å². The molecule has 0 unspecified atom stereocenters. The van der Waals surface area contributed by atoms with Gasteiger partial charge in [-0.1, -0.05) is 25.1 Å². The zero-order valence-electron chi connectivity index (χ0n) is 23.5. The van der Waals surface area contributed by atoms with Crippen LogP contribution >= 0.6 is 11.3 Å². The number of nitrogens with zero attached hydrogens (tertiary/aromatic N) is 1. The fourth-order valence-corrected chi connectivity index (χ4v) is 8.46. The topological polar surface area (TPSA) is 118 Å². The van der Waals surface area contributed by atoms with E-state index >= 15 is 0 Å². The molecule has 4 aromatic rings. The first kappa shape index (κ1) is 28.0. The number of hydrogen-bond donors (Lipinski definition) is 2. The van der Waals surface area contributed by atoms with E-state index in [-0.39, 0.29) is 27.5 Å². The molecule has 5 rings (SSSR count). The highest BCUT2D eigenvalue weighted by Gasteiger charge is 2.27. The Kier molecular flexibility index (Phi) is 7.35. The number of thiophene rings is 1. The average Bonchev–Trinajstić information content (AvgIpc) is 3.25. The highest BCUT2D eigenvalue weighted by molar-refractivity contribution is 7.92. The summed E-state index contributed by atoms with van der Waals surface area (Å²) in [5.74, 6) is 0.0815. The number of benzene rings is 2. The molecule has 0 spiro atoms. The van der Waals surface area contributed by atoms with Gasteiger partial charge in [0.2, 0.25) is 0 Å². The fraction of sp³-hybridized carbons (Fsp3) is 0.367. The number of H-pyrrole nitrogens is 1. The monoisotopic (exact) mass is 579 g/mol. The number of carbonyl (C=O) groups is 1. The molecular formula is C30H33N3O5S2. The molecular weight excluding hydrogens is 546 g/mol. The Hall–Kier alpha value is -3.50. The van der Waals surface area contributed by atoms with Crippen LogP contribution in [0.2, 0.25) is 0 Å². The molecule has 2 aromatic heterocycles. The Morgan fingerprint density at radius 2 is 1.82 bits per heavy atom. The van der Waals surface area contributed by atoms with Crippen LogP contribution in [0.25, 0.3) is 10.2 Å². The molecule has 0 aliphatic heterocycles. The summed E-state index contributed by atoms with van der Waals surface area (Å²) in [4.78, 5) is 35.8. The number of esters is 1. The second-order valence-electron chi connectivity index (χ2n) is 10.8. The summed E-state index contributed by atoms with van der Waals surface area (Å²) < 4.78 is 35.3. The number of aromatic amines is 1. The highest BCUT2D eigenvalue weighted by Crippen LogP contribution is 2.36. The van der Waals surface area contributed by atoms with Gasteiger partial charge >= 0.3 is 5.97 Å². The largest absolute Gasteiger partial charge is 0.451 e. The molecule has 2 N–H and O–H groups in total. The van der Waals surface area contributed by atoms with Gasteiger partial charge in [0, 0.05) is 4.88 Å². The first-order valence-corrected chi connectivity index (χ1v) is 15.6. The molecule has 210 valence electrons. The van der Waals surface area contributed by atoms with Crippen molar-refractivity contribution in [3.63, 3.8) is 0 Å². The maximum absolute atomic E-state index is 13.5. The summed E-state index contributed by atoms with van der Waals surface area (Å²) in [6.45, 7) is 11.1. The maximum atomic E-state index is 13.5. The van der Waals surface area contributed by atoms with Gasteiger partial charge in [0.15, 0.2) is 11.9 Å². The summed E-state index contributed by atoms with van der Waals surface area (Å²) >= 11 is 1.53. The molecule has 10 heteroatoms. The fourth-order valence-electron chi connectivity index (χ4n) is 5.37. The maximum Gasteiger partial charge on any atom is 0.340 e. The Bertz CT molecular complexity index is 1800. The van der Waals surface area contributed by atoms with Crippen molar-refractivity contribution in [1.82, 2.24) is 9.97 Å². The van der Waals surface area contributed by atoms with Crippen LogP contribution in [-0.2, 0) is 27.6 Å². The van der Waals surface area contributed by atoms with Crippen molar-refractivity contribution in [2.45, 2.75) is 71.8 Å². The number of hydrogen-bond acceptors (Lipinski definition) is 7. The molecule has 0 saturated heterocycles. The van der Waals surface area contributed by atoms with E-state index in [1.165, 1.54) is 28.3 Å². The molecule has 0 bridgehead atoms. The van der Waals surface area contributed by atoms with E-state index in [4.69, 9.17) is 4.74 Å². The van der Waals surface area contributed by atoms with Crippen molar-refractivity contribution in [3.8, 4) is 0 Å². The molecule has 2 atom stereocenters. The van der Waals surface area contributed by atoms with Crippen LogP contribution in [0, 0.1) is 33.6 Å². The van der Waals surface area contributed by atoms with Crippen LogP contribution in [0.1, 0.15) is 75.2 Å². The molecule has 1 aliphatic rings. The van der Waals surface area contributed by atoms with E-state index < -0.39 is 22.1 Å². The minimum absolute atomic E-state index is 0.0570. The number of ether oxygens (including phenoxy) is 1. The average molecular weight is 580 g/mol. The van der Waals surface area contributed by atoms with Gasteiger partial charge in [-0.25, -0.2) is 18.2 Å². The third kappa shape index (κ3) is 5.06. The van der Waals surface area contributed by atoms with Crippen LogP contribution in [0.15, 0.2) is 40.0 Å². The van der Waals surface area contributed by atoms with Gasteiger partial charge in [-0.2, -0.15) is 0 Å². The van der Waals surface area contributed by atoms with Crippen LogP contribution < -0.4 is 10.3 Å². The van der Waals surface area contributed by atoms with Crippen molar-refractivity contribution in [2.24, 2.45) is 5.92 Å². The summed E-state index contributed by atoms with van der Waals surface area (Å²) in [5, 5.41) is 0.630. The van der Waals surface area contributed by atoms with Crippen molar-refractivity contribution in [2.75, 3.05) is 4.72 Å². The number of para-hydroxylation sites is 1. The van der Waals surface area contributed by atoms with E-state index in [1.54, 1.807) is 32.9 Å². The highest BCUT2D eigenvalue weighted by atomic mass is 32.2. The number of carbonyl (C=O) groups excluding carboxylic acids is 1. The lowest BCUT2D eigenvalue weighted by molar-refractivity contribution is 0.0321. The van der Waals surface area contributed by atoms with Crippen molar-refractivity contribution < 1.29 is 17.9 Å². The second kappa shape index (κ2) is 10.5. The number of anilines is 1. The summed E-state index contributed by atoms with van der Waals surface area (Å²) in [5.41, 5.74) is 4.05. The Morgan fingerprint density at radius 1 is 1.15 bits per heavy atom. The number of fused-ring (bicyclic) bond motifs is 3. The van der Waals surface area contributed by atoms with Crippen LogP contribution in [0.3, 0.4) is 0 Å².